The van der Waals surface area contributed by atoms with E-state index in [1.54, 1.807) is 0 Å². The van der Waals surface area contributed by atoms with E-state index in [1.807, 2.05) is 37.4 Å². The van der Waals surface area contributed by atoms with Crippen LogP contribution in [0.2, 0.25) is 5.02 Å². The molecule has 0 spiro atoms. The van der Waals surface area contributed by atoms with Crippen LogP contribution in [0.4, 0.5) is 0 Å². The van der Waals surface area contributed by atoms with Gasteiger partial charge in [0.05, 0.1) is 13.0 Å². The maximum Gasteiger partial charge on any atom is 0.304 e. The number of aryl methyl sites for hydroxylation is 1. The summed E-state index contributed by atoms with van der Waals surface area (Å²) in [4.78, 5) is 15.6. The highest BCUT2D eigenvalue weighted by molar-refractivity contribution is 6.31. The van der Waals surface area contributed by atoms with Crippen LogP contribution in [0, 0.1) is 0 Å². The normalized spacial score (nSPS) is 12.3. The molecule has 1 atom stereocenters. The van der Waals surface area contributed by atoms with E-state index >= 15 is 0 Å². The number of aromatic nitrogens is 2. The molecule has 1 heterocycles. The maximum atomic E-state index is 11.0. The van der Waals surface area contributed by atoms with Gasteiger partial charge in [0.25, 0.3) is 0 Å². The van der Waals surface area contributed by atoms with Crippen LogP contribution in [0.1, 0.15) is 56.1 Å². The van der Waals surface area contributed by atoms with Crippen molar-refractivity contribution >= 4 is 17.6 Å². The van der Waals surface area contributed by atoms with Crippen molar-refractivity contribution < 1.29 is 9.90 Å². The molecule has 0 saturated heterocycles. The van der Waals surface area contributed by atoms with Gasteiger partial charge in [-0.25, -0.2) is 4.98 Å². The fraction of sp³-hybridized carbons (Fsp3) is 0.444. The van der Waals surface area contributed by atoms with E-state index in [4.69, 9.17) is 16.7 Å². The zero-order valence-corrected chi connectivity index (χ0v) is 14.4. The van der Waals surface area contributed by atoms with Gasteiger partial charge in [-0.1, -0.05) is 50.1 Å². The number of halogens is 1. The number of imidazole rings is 1. The molecule has 0 radical (unpaired) electrons. The fourth-order valence-electron chi connectivity index (χ4n) is 2.70. The molecule has 23 heavy (non-hydrogen) atoms. The Morgan fingerprint density at radius 2 is 2.13 bits per heavy atom. The van der Waals surface area contributed by atoms with Gasteiger partial charge in [-0.2, -0.15) is 0 Å². The molecule has 1 aromatic carbocycles. The molecule has 0 bridgehead atoms. The molecule has 4 nitrogen and oxygen atoms in total. The average Bonchev–Trinajstić information content (AvgIpc) is 2.89. The number of carboxylic acids is 1. The number of nitrogens with zero attached hydrogens (tertiary/aromatic N) is 2. The van der Waals surface area contributed by atoms with E-state index in [1.165, 1.54) is 0 Å². The predicted molar refractivity (Wildman–Crippen MR) is 92.1 cm³/mol. The zero-order chi connectivity index (χ0) is 16.8. The third-order valence-corrected chi connectivity index (χ3v) is 4.36. The summed E-state index contributed by atoms with van der Waals surface area (Å²) >= 11 is 6.29. The summed E-state index contributed by atoms with van der Waals surface area (Å²) in [6.45, 7) is 4.70. The molecule has 1 N–H and O–H groups in total. The number of benzene rings is 1. The second-order valence-electron chi connectivity index (χ2n) is 5.88. The molecule has 2 aromatic rings. The van der Waals surface area contributed by atoms with Crippen molar-refractivity contribution in [2.45, 2.75) is 52.0 Å². The molecule has 1 aromatic heterocycles. The number of hydrogen-bond donors (Lipinski definition) is 1. The Morgan fingerprint density at radius 3 is 2.78 bits per heavy atom. The molecule has 0 aliphatic rings. The minimum Gasteiger partial charge on any atom is -0.481 e. The van der Waals surface area contributed by atoms with Crippen LogP contribution < -0.4 is 0 Å². The fourth-order valence-corrected chi connectivity index (χ4v) is 2.90. The van der Waals surface area contributed by atoms with Crippen molar-refractivity contribution in [3.8, 4) is 0 Å². The number of unbranched alkanes of at least 4 members (excludes halogenated alkanes) is 1. The third-order valence-electron chi connectivity index (χ3n) is 4.00. The summed E-state index contributed by atoms with van der Waals surface area (Å²) < 4.78 is 2.13. The average molecular weight is 335 g/mol. The Hall–Kier alpha value is -1.81. The Morgan fingerprint density at radius 1 is 1.39 bits per heavy atom. The molecule has 124 valence electrons. The van der Waals surface area contributed by atoms with Gasteiger partial charge in [0.15, 0.2) is 0 Å². The number of rotatable bonds is 8. The Labute approximate surface area is 142 Å². The van der Waals surface area contributed by atoms with E-state index in [0.717, 1.165) is 41.4 Å². The lowest BCUT2D eigenvalue weighted by atomic mass is 10.0. The highest BCUT2D eigenvalue weighted by Gasteiger charge is 2.18. The van der Waals surface area contributed by atoms with Crippen molar-refractivity contribution in [1.29, 1.82) is 0 Å². The predicted octanol–water partition coefficient (Wildman–Crippen LogP) is 4.51. The number of carbonyl (C=O) groups is 1. The van der Waals surface area contributed by atoms with Gasteiger partial charge in [-0.3, -0.25) is 4.79 Å². The first-order valence-corrected chi connectivity index (χ1v) is 8.40. The zero-order valence-electron chi connectivity index (χ0n) is 13.6. The van der Waals surface area contributed by atoms with E-state index in [9.17, 15) is 4.79 Å². The summed E-state index contributed by atoms with van der Waals surface area (Å²) in [5.74, 6) is 0.120. The standard InChI is InChI=1S/C18H23ClN2O2/c1-3-4-9-17-20-11-16(13(2)10-18(22)23)21(17)12-14-7-5-6-8-15(14)19/h5-8,11,13H,3-4,9-10,12H2,1-2H3,(H,22,23). The first kappa shape index (κ1) is 17.5. The summed E-state index contributed by atoms with van der Waals surface area (Å²) in [6.07, 6.45) is 4.96. The van der Waals surface area contributed by atoms with Gasteiger partial charge in [-0.15, -0.1) is 0 Å². The summed E-state index contributed by atoms with van der Waals surface area (Å²) in [5.41, 5.74) is 1.98. The molecule has 1 unspecified atom stereocenters. The van der Waals surface area contributed by atoms with E-state index in [0.29, 0.717) is 6.54 Å². The first-order chi connectivity index (χ1) is 11.0. The van der Waals surface area contributed by atoms with E-state index < -0.39 is 5.97 Å². The van der Waals surface area contributed by atoms with Gasteiger partial charge < -0.3 is 9.67 Å². The van der Waals surface area contributed by atoms with Crippen molar-refractivity contribution in [2.24, 2.45) is 0 Å². The highest BCUT2D eigenvalue weighted by atomic mass is 35.5. The van der Waals surface area contributed by atoms with Crippen molar-refractivity contribution in [2.75, 3.05) is 0 Å². The number of carboxylic acid groups (broad SMARTS) is 1. The molecule has 0 aliphatic heterocycles. The van der Waals surface area contributed by atoms with Crippen LogP contribution in [-0.2, 0) is 17.8 Å². The van der Waals surface area contributed by atoms with Gasteiger partial charge >= 0.3 is 5.97 Å². The van der Waals surface area contributed by atoms with Crippen LogP contribution in [-0.4, -0.2) is 20.6 Å². The van der Waals surface area contributed by atoms with Crippen molar-refractivity contribution in [1.82, 2.24) is 9.55 Å². The molecule has 5 heteroatoms. The number of aliphatic carboxylic acids is 1. The molecule has 0 amide bonds. The monoisotopic (exact) mass is 334 g/mol. The lowest BCUT2D eigenvalue weighted by Gasteiger charge is -2.16. The van der Waals surface area contributed by atoms with Crippen LogP contribution >= 0.6 is 11.6 Å². The van der Waals surface area contributed by atoms with Crippen LogP contribution in [0.25, 0.3) is 0 Å². The topological polar surface area (TPSA) is 55.1 Å². The van der Waals surface area contributed by atoms with Gasteiger partial charge in [-0.05, 0) is 18.1 Å². The van der Waals surface area contributed by atoms with E-state index in [2.05, 4.69) is 16.5 Å². The lowest BCUT2D eigenvalue weighted by Crippen LogP contribution is -2.13. The highest BCUT2D eigenvalue weighted by Crippen LogP contribution is 2.24. The molecule has 2 rings (SSSR count). The molecule has 0 aliphatic carbocycles. The second-order valence-corrected chi connectivity index (χ2v) is 6.29. The molecular formula is C18H23ClN2O2. The van der Waals surface area contributed by atoms with Gasteiger partial charge in [0.2, 0.25) is 0 Å². The summed E-state index contributed by atoms with van der Waals surface area (Å²) in [5, 5.41) is 9.79. The third kappa shape index (κ3) is 4.58. The lowest BCUT2D eigenvalue weighted by molar-refractivity contribution is -0.137. The minimum atomic E-state index is -0.793. The van der Waals surface area contributed by atoms with Crippen LogP contribution in [0.15, 0.2) is 30.5 Å². The number of hydrogen-bond acceptors (Lipinski definition) is 2. The largest absolute Gasteiger partial charge is 0.481 e. The SMILES string of the molecule is CCCCc1ncc(C(C)CC(=O)O)n1Cc1ccccc1Cl. The van der Waals surface area contributed by atoms with Crippen LogP contribution in [0.3, 0.4) is 0 Å². The quantitative estimate of drug-likeness (QED) is 0.773. The van der Waals surface area contributed by atoms with Crippen molar-refractivity contribution in [3.05, 3.63) is 52.6 Å². The summed E-state index contributed by atoms with van der Waals surface area (Å²) in [6, 6.07) is 7.74. The maximum absolute atomic E-state index is 11.0. The molecule has 0 fully saturated rings. The van der Waals surface area contributed by atoms with Crippen molar-refractivity contribution in [3.63, 3.8) is 0 Å². The summed E-state index contributed by atoms with van der Waals surface area (Å²) in [7, 11) is 0. The van der Waals surface area contributed by atoms with Gasteiger partial charge in [0, 0.05) is 29.3 Å². The Bertz CT molecular complexity index is 667. The first-order valence-electron chi connectivity index (χ1n) is 8.02. The second kappa shape index (κ2) is 8.16. The Kier molecular flexibility index (Phi) is 6.22. The molecular weight excluding hydrogens is 312 g/mol. The van der Waals surface area contributed by atoms with Gasteiger partial charge in [0.1, 0.15) is 5.82 Å². The molecule has 0 saturated carbocycles. The minimum absolute atomic E-state index is 0.0853. The van der Waals surface area contributed by atoms with E-state index in [-0.39, 0.29) is 12.3 Å². The Balaban J connectivity index is 2.34. The smallest absolute Gasteiger partial charge is 0.304 e. The van der Waals surface area contributed by atoms with Crippen LogP contribution in [0.5, 0.6) is 0 Å².